The second kappa shape index (κ2) is 10.3. The maximum Gasteiger partial charge on any atom is 0.226 e. The molecular formula is C29H41N5O2. The molecule has 1 N–H and O–H groups in total. The number of rotatable bonds is 8. The van der Waals surface area contributed by atoms with Crippen molar-refractivity contribution >= 4 is 11.8 Å². The normalized spacial score (nSPS) is 24.5. The van der Waals surface area contributed by atoms with Gasteiger partial charge in [-0.2, -0.15) is 0 Å². The highest BCUT2D eigenvalue weighted by Gasteiger charge is 2.50. The minimum atomic E-state index is -0.571. The second-order valence-electron chi connectivity index (χ2n) is 11.7. The maximum absolute atomic E-state index is 13.0. The molecule has 1 aliphatic heterocycles. The fourth-order valence-corrected chi connectivity index (χ4v) is 6.00. The molecule has 1 aromatic heterocycles. The third kappa shape index (κ3) is 5.46. The highest BCUT2D eigenvalue weighted by molar-refractivity contribution is 5.82. The Kier molecular flexibility index (Phi) is 7.51. The molecule has 0 atom stereocenters. The van der Waals surface area contributed by atoms with Gasteiger partial charge in [-0.15, -0.1) is 0 Å². The zero-order chi connectivity index (χ0) is 26.0. The van der Waals surface area contributed by atoms with E-state index < -0.39 is 5.41 Å². The lowest BCUT2D eigenvalue weighted by Gasteiger charge is -2.49. The maximum atomic E-state index is 13.0. The van der Waals surface area contributed by atoms with Gasteiger partial charge in [-0.3, -0.25) is 14.5 Å². The van der Waals surface area contributed by atoms with Gasteiger partial charge in [0.2, 0.25) is 11.8 Å². The zero-order valence-corrected chi connectivity index (χ0v) is 22.5. The molecule has 1 aliphatic carbocycles. The molecule has 4 rings (SSSR count). The van der Waals surface area contributed by atoms with Crippen molar-refractivity contribution < 1.29 is 9.59 Å². The molecule has 1 saturated heterocycles. The summed E-state index contributed by atoms with van der Waals surface area (Å²) in [5.41, 5.74) is 1.69. The molecule has 1 aromatic carbocycles. The van der Waals surface area contributed by atoms with Gasteiger partial charge in [0, 0.05) is 36.7 Å². The third-order valence-corrected chi connectivity index (χ3v) is 8.60. The highest BCUT2D eigenvalue weighted by atomic mass is 16.2. The molecule has 0 unspecified atom stereocenters. The second-order valence-corrected chi connectivity index (χ2v) is 11.7. The first-order chi connectivity index (χ1) is 17.1. The molecule has 7 heteroatoms. The highest BCUT2D eigenvalue weighted by Crippen LogP contribution is 2.52. The van der Waals surface area contributed by atoms with Gasteiger partial charge < -0.3 is 10.2 Å². The summed E-state index contributed by atoms with van der Waals surface area (Å²) in [4.78, 5) is 38.8. The molecule has 36 heavy (non-hydrogen) atoms. The Hall–Kier alpha value is -2.80. The van der Waals surface area contributed by atoms with Crippen LogP contribution in [0.15, 0.2) is 42.6 Å². The first-order valence-corrected chi connectivity index (χ1v) is 13.1. The third-order valence-electron chi connectivity index (χ3n) is 8.60. The summed E-state index contributed by atoms with van der Waals surface area (Å²) in [5.74, 6) is 0.910. The number of nitrogens with one attached hydrogen (secondary N) is 1. The Morgan fingerprint density at radius 3 is 2.44 bits per heavy atom. The van der Waals surface area contributed by atoms with Crippen molar-refractivity contribution in [1.29, 1.82) is 0 Å². The van der Waals surface area contributed by atoms with Crippen LogP contribution in [0.1, 0.15) is 69.5 Å². The van der Waals surface area contributed by atoms with Crippen LogP contribution in [0, 0.1) is 17.8 Å². The molecule has 2 aliphatic rings. The van der Waals surface area contributed by atoms with Crippen molar-refractivity contribution in [2.45, 2.75) is 71.4 Å². The topological polar surface area (TPSA) is 78.4 Å². The molecule has 1 spiro atoms. The van der Waals surface area contributed by atoms with Crippen LogP contribution in [-0.2, 0) is 21.7 Å². The Bertz CT molecular complexity index is 1070. The van der Waals surface area contributed by atoms with Crippen LogP contribution >= 0.6 is 0 Å². The van der Waals surface area contributed by atoms with Crippen molar-refractivity contribution in [3.63, 3.8) is 0 Å². The van der Waals surface area contributed by atoms with Gasteiger partial charge in [0.15, 0.2) is 0 Å². The summed E-state index contributed by atoms with van der Waals surface area (Å²) < 4.78 is 0. The monoisotopic (exact) mass is 491 g/mol. The summed E-state index contributed by atoms with van der Waals surface area (Å²) in [7, 11) is 4.35. The average Bonchev–Trinajstić information content (AvgIpc) is 3.17. The number of benzene rings is 1. The van der Waals surface area contributed by atoms with Crippen molar-refractivity contribution in [3.05, 3.63) is 59.7 Å². The number of carbonyl (C=O) groups excluding carboxylic acids is 2. The van der Waals surface area contributed by atoms with Crippen molar-refractivity contribution in [2.24, 2.45) is 10.8 Å². The van der Waals surface area contributed by atoms with Gasteiger partial charge in [-0.25, -0.2) is 9.97 Å². The fraction of sp³-hybridized carbons (Fsp3) is 0.586. The van der Waals surface area contributed by atoms with E-state index in [1.54, 1.807) is 6.20 Å². The Balaban J connectivity index is 1.33. The van der Waals surface area contributed by atoms with Gasteiger partial charge in [0.1, 0.15) is 5.82 Å². The van der Waals surface area contributed by atoms with E-state index in [1.165, 1.54) is 5.56 Å². The number of carbonyl (C=O) groups is 2. The molecular weight excluding hydrogens is 450 g/mol. The number of aromatic nitrogens is 2. The van der Waals surface area contributed by atoms with E-state index in [2.05, 4.69) is 64.6 Å². The van der Waals surface area contributed by atoms with E-state index in [0.717, 1.165) is 37.9 Å². The molecule has 194 valence electrons. The minimum Gasteiger partial charge on any atom is -0.350 e. The number of likely N-dealkylation sites (tertiary alicyclic amines) is 1. The molecule has 2 amide bonds. The van der Waals surface area contributed by atoms with Gasteiger partial charge >= 0.3 is 0 Å². The SMILES string of the molecule is Cc1nccc(CNC(=O)C(C)(C)CCN2CC3(CCC(c4ccccc4)(N(C)C)CC3)CC2=O)n1. The van der Waals surface area contributed by atoms with Crippen molar-refractivity contribution in [1.82, 2.24) is 25.1 Å². The average molecular weight is 492 g/mol. The van der Waals surface area contributed by atoms with E-state index in [4.69, 9.17) is 0 Å². The summed E-state index contributed by atoms with van der Waals surface area (Å²) in [6.07, 6.45) is 7.18. The van der Waals surface area contributed by atoms with Crippen LogP contribution in [0.2, 0.25) is 0 Å². The van der Waals surface area contributed by atoms with E-state index in [-0.39, 0.29) is 22.8 Å². The fourth-order valence-electron chi connectivity index (χ4n) is 6.00. The Morgan fingerprint density at radius 1 is 1.11 bits per heavy atom. The predicted octanol–water partition coefficient (Wildman–Crippen LogP) is 4.07. The minimum absolute atomic E-state index is 0.0172. The number of amides is 2. The zero-order valence-electron chi connectivity index (χ0n) is 22.5. The largest absolute Gasteiger partial charge is 0.350 e. The van der Waals surface area contributed by atoms with E-state index >= 15 is 0 Å². The van der Waals surface area contributed by atoms with Crippen molar-refractivity contribution in [2.75, 3.05) is 27.2 Å². The lowest BCUT2D eigenvalue weighted by atomic mass is 9.64. The van der Waals surface area contributed by atoms with E-state index in [0.29, 0.717) is 31.8 Å². The summed E-state index contributed by atoms with van der Waals surface area (Å²) in [5, 5.41) is 3.01. The van der Waals surface area contributed by atoms with Gasteiger partial charge in [0.25, 0.3) is 0 Å². The number of hydrogen-bond donors (Lipinski definition) is 1. The smallest absolute Gasteiger partial charge is 0.226 e. The molecule has 2 fully saturated rings. The number of hydrogen-bond acceptors (Lipinski definition) is 5. The van der Waals surface area contributed by atoms with Crippen LogP contribution in [-0.4, -0.2) is 58.8 Å². The Labute approximate surface area is 215 Å². The quantitative estimate of drug-likeness (QED) is 0.602. The molecule has 2 aromatic rings. The lowest BCUT2D eigenvalue weighted by molar-refractivity contribution is -0.132. The van der Waals surface area contributed by atoms with Crippen LogP contribution in [0.5, 0.6) is 0 Å². The van der Waals surface area contributed by atoms with Gasteiger partial charge in [-0.1, -0.05) is 44.2 Å². The van der Waals surface area contributed by atoms with Crippen LogP contribution in [0.3, 0.4) is 0 Å². The van der Waals surface area contributed by atoms with E-state index in [1.807, 2.05) is 31.7 Å². The van der Waals surface area contributed by atoms with Crippen LogP contribution < -0.4 is 5.32 Å². The molecule has 1 saturated carbocycles. The first kappa shape index (κ1) is 26.3. The molecule has 0 radical (unpaired) electrons. The molecule has 0 bridgehead atoms. The number of nitrogens with zero attached hydrogens (tertiary/aromatic N) is 4. The summed E-state index contributed by atoms with van der Waals surface area (Å²) in [6.45, 7) is 7.55. The van der Waals surface area contributed by atoms with Gasteiger partial charge in [-0.05, 0) is 70.2 Å². The van der Waals surface area contributed by atoms with Gasteiger partial charge in [0.05, 0.1) is 12.2 Å². The van der Waals surface area contributed by atoms with E-state index in [9.17, 15) is 9.59 Å². The number of aryl methyl sites for hydroxylation is 1. The summed E-state index contributed by atoms with van der Waals surface area (Å²) >= 11 is 0. The summed E-state index contributed by atoms with van der Waals surface area (Å²) in [6, 6.07) is 12.6. The standard InChI is InChI=1S/C29H41N5O2/c1-22-30-17-11-24(32-22)20-31-26(36)27(2,3)16-18-34-21-28(19-25(34)35)12-14-29(15-13-28,33(4)5)23-9-7-6-8-10-23/h6-11,17H,12-16,18-21H2,1-5H3,(H,31,36). The molecule has 7 nitrogen and oxygen atoms in total. The Morgan fingerprint density at radius 2 is 1.81 bits per heavy atom. The first-order valence-electron chi connectivity index (χ1n) is 13.1. The lowest BCUT2D eigenvalue weighted by Crippen LogP contribution is -2.47. The van der Waals surface area contributed by atoms with Crippen LogP contribution in [0.25, 0.3) is 0 Å². The molecule has 2 heterocycles. The van der Waals surface area contributed by atoms with Crippen molar-refractivity contribution in [3.8, 4) is 0 Å². The van der Waals surface area contributed by atoms with Crippen LogP contribution in [0.4, 0.5) is 0 Å². The predicted molar refractivity (Wildman–Crippen MR) is 141 cm³/mol.